The first-order valence-electron chi connectivity index (χ1n) is 9.34. The van der Waals surface area contributed by atoms with Gasteiger partial charge < -0.3 is 9.64 Å². The first-order chi connectivity index (χ1) is 13.3. The molecule has 1 aromatic carbocycles. The highest BCUT2D eigenvalue weighted by atomic mass is 32.2. The molecule has 152 valence electrons. The van der Waals surface area contributed by atoms with E-state index in [-0.39, 0.29) is 12.5 Å². The lowest BCUT2D eigenvalue weighted by atomic mass is 10.0. The largest absolute Gasteiger partial charge is 0.483 e. The van der Waals surface area contributed by atoms with Gasteiger partial charge in [-0.05, 0) is 41.5 Å². The van der Waals surface area contributed by atoms with Crippen molar-refractivity contribution in [1.82, 2.24) is 9.21 Å². The van der Waals surface area contributed by atoms with Crippen LogP contribution in [0.1, 0.15) is 30.9 Å². The molecule has 1 fully saturated rings. The molecule has 6 nitrogen and oxygen atoms in total. The third kappa shape index (κ3) is 4.56. The van der Waals surface area contributed by atoms with Gasteiger partial charge in [-0.3, -0.25) is 4.79 Å². The first kappa shape index (κ1) is 20.8. The number of nitrogens with zero attached hydrogens (tertiary/aromatic N) is 2. The number of thiophene rings is 1. The van der Waals surface area contributed by atoms with Crippen LogP contribution in [0.15, 0.2) is 39.9 Å². The van der Waals surface area contributed by atoms with Crippen molar-refractivity contribution in [3.8, 4) is 5.75 Å². The molecule has 28 heavy (non-hydrogen) atoms. The van der Waals surface area contributed by atoms with Crippen LogP contribution in [0.25, 0.3) is 0 Å². The molecule has 1 aliphatic heterocycles. The van der Waals surface area contributed by atoms with Crippen LogP contribution < -0.4 is 4.74 Å². The normalized spacial score (nSPS) is 15.8. The van der Waals surface area contributed by atoms with E-state index in [2.05, 4.69) is 19.9 Å². The molecule has 1 aliphatic rings. The van der Waals surface area contributed by atoms with E-state index in [0.717, 1.165) is 11.3 Å². The van der Waals surface area contributed by atoms with Crippen molar-refractivity contribution in [1.29, 1.82) is 0 Å². The lowest BCUT2D eigenvalue weighted by molar-refractivity contribution is -0.134. The van der Waals surface area contributed by atoms with E-state index in [1.165, 1.54) is 21.2 Å². The Morgan fingerprint density at radius 1 is 1.18 bits per heavy atom. The molecule has 0 unspecified atom stereocenters. The zero-order valence-corrected chi connectivity index (χ0v) is 18.1. The minimum Gasteiger partial charge on any atom is -0.483 e. The van der Waals surface area contributed by atoms with Crippen molar-refractivity contribution in [2.24, 2.45) is 0 Å². The summed E-state index contributed by atoms with van der Waals surface area (Å²) in [4.78, 5) is 14.2. The van der Waals surface area contributed by atoms with Gasteiger partial charge in [-0.1, -0.05) is 32.0 Å². The van der Waals surface area contributed by atoms with Crippen molar-refractivity contribution >= 4 is 27.3 Å². The van der Waals surface area contributed by atoms with Crippen LogP contribution in [0.3, 0.4) is 0 Å². The average molecular weight is 423 g/mol. The molecule has 0 atom stereocenters. The molecular formula is C20H26N2O4S2. The van der Waals surface area contributed by atoms with Gasteiger partial charge in [0.1, 0.15) is 9.96 Å². The standard InChI is InChI=1S/C20H26N2O4S2/c1-15(2)17-7-6-16(3)18(13-17)26-14-19(23)21-8-10-22(11-9-21)28(24,25)20-5-4-12-27-20/h4-7,12-13,15H,8-11,14H2,1-3H3. The molecule has 3 rings (SSSR count). The summed E-state index contributed by atoms with van der Waals surface area (Å²) in [6, 6.07) is 9.40. The number of carbonyl (C=O) groups excluding carboxylic acids is 1. The predicted octanol–water partition coefficient (Wildman–Crippen LogP) is 3.09. The third-order valence-corrected chi connectivity index (χ3v) is 8.18. The van der Waals surface area contributed by atoms with E-state index in [9.17, 15) is 13.2 Å². The molecule has 8 heteroatoms. The summed E-state index contributed by atoms with van der Waals surface area (Å²) in [5.74, 6) is 0.984. The Morgan fingerprint density at radius 2 is 1.89 bits per heavy atom. The van der Waals surface area contributed by atoms with Crippen LogP contribution in [0.2, 0.25) is 0 Å². The summed E-state index contributed by atoms with van der Waals surface area (Å²) in [6.07, 6.45) is 0. The number of sulfonamides is 1. The second-order valence-corrected chi connectivity index (χ2v) is 10.3. The van der Waals surface area contributed by atoms with Crippen molar-refractivity contribution in [3.05, 3.63) is 46.8 Å². The summed E-state index contributed by atoms with van der Waals surface area (Å²) in [6.45, 7) is 7.49. The Morgan fingerprint density at radius 3 is 2.50 bits per heavy atom. The maximum atomic E-state index is 12.6. The number of hydrogen-bond acceptors (Lipinski definition) is 5. The molecule has 0 aliphatic carbocycles. The lowest BCUT2D eigenvalue weighted by Crippen LogP contribution is -2.51. The molecule has 0 bridgehead atoms. The fourth-order valence-corrected chi connectivity index (χ4v) is 5.64. The summed E-state index contributed by atoms with van der Waals surface area (Å²) in [5.41, 5.74) is 2.16. The number of rotatable bonds is 6. The van der Waals surface area contributed by atoms with Gasteiger partial charge in [0.2, 0.25) is 0 Å². The highest BCUT2D eigenvalue weighted by Crippen LogP contribution is 2.25. The Balaban J connectivity index is 1.55. The van der Waals surface area contributed by atoms with Crippen LogP contribution in [-0.4, -0.2) is 56.3 Å². The number of carbonyl (C=O) groups is 1. The molecule has 1 saturated heterocycles. The number of aryl methyl sites for hydroxylation is 1. The zero-order valence-electron chi connectivity index (χ0n) is 16.4. The monoisotopic (exact) mass is 422 g/mol. The van der Waals surface area contributed by atoms with Crippen LogP contribution in [0.4, 0.5) is 0 Å². The van der Waals surface area contributed by atoms with Crippen LogP contribution >= 0.6 is 11.3 Å². The molecule has 2 aromatic rings. The quantitative estimate of drug-likeness (QED) is 0.718. The summed E-state index contributed by atoms with van der Waals surface area (Å²) in [7, 11) is -3.46. The number of ether oxygens (including phenoxy) is 1. The van der Waals surface area contributed by atoms with Gasteiger partial charge in [0.15, 0.2) is 6.61 Å². The lowest BCUT2D eigenvalue weighted by Gasteiger charge is -2.33. The van der Waals surface area contributed by atoms with Gasteiger partial charge in [-0.15, -0.1) is 11.3 Å². The van der Waals surface area contributed by atoms with Crippen molar-refractivity contribution in [2.75, 3.05) is 32.8 Å². The van der Waals surface area contributed by atoms with Crippen LogP contribution in [-0.2, 0) is 14.8 Å². The fourth-order valence-electron chi connectivity index (χ4n) is 3.08. The van der Waals surface area contributed by atoms with Crippen molar-refractivity contribution in [2.45, 2.75) is 30.9 Å². The first-order valence-corrected chi connectivity index (χ1v) is 11.7. The Hall–Kier alpha value is -1.90. The molecule has 1 aromatic heterocycles. The second-order valence-electron chi connectivity index (χ2n) is 7.19. The molecular weight excluding hydrogens is 396 g/mol. The minimum atomic E-state index is -3.46. The van der Waals surface area contributed by atoms with E-state index in [1.807, 2.05) is 19.1 Å². The predicted molar refractivity (Wildman–Crippen MR) is 110 cm³/mol. The fraction of sp³-hybridized carbons (Fsp3) is 0.450. The van der Waals surface area contributed by atoms with Gasteiger partial charge in [0, 0.05) is 26.2 Å². The topological polar surface area (TPSA) is 66.9 Å². The number of piperazine rings is 1. The van der Waals surface area contributed by atoms with E-state index < -0.39 is 10.0 Å². The third-order valence-electron chi connectivity index (χ3n) is 4.91. The minimum absolute atomic E-state index is 0.0416. The van der Waals surface area contributed by atoms with Gasteiger partial charge in [-0.25, -0.2) is 8.42 Å². The Kier molecular flexibility index (Phi) is 6.42. The Labute approximate surface area is 170 Å². The average Bonchev–Trinajstić information content (AvgIpc) is 3.22. The maximum absolute atomic E-state index is 12.6. The van der Waals surface area contributed by atoms with E-state index in [1.54, 1.807) is 22.4 Å². The molecule has 0 N–H and O–H groups in total. The second kappa shape index (κ2) is 8.63. The summed E-state index contributed by atoms with van der Waals surface area (Å²) in [5, 5.41) is 1.75. The smallest absolute Gasteiger partial charge is 0.260 e. The number of hydrogen-bond donors (Lipinski definition) is 0. The van der Waals surface area contributed by atoms with E-state index in [0.29, 0.717) is 36.3 Å². The molecule has 0 saturated carbocycles. The molecule has 1 amide bonds. The van der Waals surface area contributed by atoms with Gasteiger partial charge in [0.05, 0.1) is 0 Å². The van der Waals surface area contributed by atoms with E-state index >= 15 is 0 Å². The Bertz CT molecular complexity index is 916. The van der Waals surface area contributed by atoms with Gasteiger partial charge in [-0.2, -0.15) is 4.31 Å². The van der Waals surface area contributed by atoms with E-state index in [4.69, 9.17) is 4.74 Å². The molecule has 0 radical (unpaired) electrons. The summed E-state index contributed by atoms with van der Waals surface area (Å²) >= 11 is 1.21. The van der Waals surface area contributed by atoms with Gasteiger partial charge in [0.25, 0.3) is 15.9 Å². The van der Waals surface area contributed by atoms with Crippen LogP contribution in [0.5, 0.6) is 5.75 Å². The maximum Gasteiger partial charge on any atom is 0.260 e. The zero-order chi connectivity index (χ0) is 20.3. The number of amides is 1. The van der Waals surface area contributed by atoms with Gasteiger partial charge >= 0.3 is 0 Å². The molecule has 2 heterocycles. The van der Waals surface area contributed by atoms with Crippen molar-refractivity contribution in [3.63, 3.8) is 0 Å². The van der Waals surface area contributed by atoms with Crippen molar-refractivity contribution < 1.29 is 17.9 Å². The molecule has 0 spiro atoms. The highest BCUT2D eigenvalue weighted by molar-refractivity contribution is 7.91. The summed E-state index contributed by atoms with van der Waals surface area (Å²) < 4.78 is 32.7. The highest BCUT2D eigenvalue weighted by Gasteiger charge is 2.30. The number of benzene rings is 1. The SMILES string of the molecule is Cc1ccc(C(C)C)cc1OCC(=O)N1CCN(S(=O)(=O)c2cccs2)CC1. The van der Waals surface area contributed by atoms with Crippen LogP contribution in [0, 0.1) is 6.92 Å².